The number of halogens is 2. The van der Waals surface area contributed by atoms with Gasteiger partial charge in [-0.15, -0.1) is 0 Å². The van der Waals surface area contributed by atoms with E-state index in [-0.39, 0.29) is 5.82 Å². The second-order valence-electron chi connectivity index (χ2n) is 6.00. The summed E-state index contributed by atoms with van der Waals surface area (Å²) in [5, 5.41) is 8.30. The Morgan fingerprint density at radius 1 is 0.962 bits per heavy atom. The fourth-order valence-electron chi connectivity index (χ4n) is 2.76. The topological polar surface area (TPSA) is 55.6 Å². The summed E-state index contributed by atoms with van der Waals surface area (Å²) >= 11 is 6.10. The lowest BCUT2D eigenvalue weighted by atomic mass is 10.3. The van der Waals surface area contributed by atoms with Crippen molar-refractivity contribution in [3.8, 4) is 5.82 Å². The molecule has 0 spiro atoms. The van der Waals surface area contributed by atoms with Gasteiger partial charge >= 0.3 is 0 Å². The number of anilines is 2. The van der Waals surface area contributed by atoms with Gasteiger partial charge in [-0.25, -0.2) is 19.0 Å². The van der Waals surface area contributed by atoms with Gasteiger partial charge in [-0.1, -0.05) is 11.6 Å². The molecule has 0 aliphatic heterocycles. The first-order valence-electron chi connectivity index (χ1n) is 8.03. The van der Waals surface area contributed by atoms with E-state index < -0.39 is 0 Å². The van der Waals surface area contributed by atoms with Crippen LogP contribution in [0.15, 0.2) is 48.5 Å². The molecule has 5 nitrogen and oxygen atoms in total. The number of rotatable bonds is 3. The third kappa shape index (κ3) is 3.11. The summed E-state index contributed by atoms with van der Waals surface area (Å²) in [5.74, 6) is 0.779. The molecule has 4 rings (SSSR count). The molecule has 4 aromatic rings. The van der Waals surface area contributed by atoms with Crippen molar-refractivity contribution in [2.75, 3.05) is 5.32 Å². The predicted molar refractivity (Wildman–Crippen MR) is 101 cm³/mol. The minimum atomic E-state index is -0.298. The summed E-state index contributed by atoms with van der Waals surface area (Å²) in [4.78, 5) is 9.38. The molecule has 0 aliphatic carbocycles. The van der Waals surface area contributed by atoms with Gasteiger partial charge in [-0.3, -0.25) is 0 Å². The average molecular weight is 368 g/mol. The molecular weight excluding hydrogens is 353 g/mol. The SMILES string of the molecule is Cc1cc(C)n(-c2nc3cc(Cl)ccc3nc2Nc2ccc(F)cc2)n1. The van der Waals surface area contributed by atoms with Gasteiger partial charge < -0.3 is 5.32 Å². The summed E-state index contributed by atoms with van der Waals surface area (Å²) in [7, 11) is 0. The Labute approximate surface area is 154 Å². The number of nitrogens with zero attached hydrogens (tertiary/aromatic N) is 4. The van der Waals surface area contributed by atoms with Crippen molar-refractivity contribution >= 4 is 34.1 Å². The van der Waals surface area contributed by atoms with Crippen LogP contribution in [0.5, 0.6) is 0 Å². The molecule has 2 heterocycles. The third-order valence-corrected chi connectivity index (χ3v) is 4.16. The number of aromatic nitrogens is 4. The highest BCUT2D eigenvalue weighted by molar-refractivity contribution is 6.31. The largest absolute Gasteiger partial charge is 0.337 e. The van der Waals surface area contributed by atoms with E-state index in [2.05, 4.69) is 15.4 Å². The van der Waals surface area contributed by atoms with E-state index in [9.17, 15) is 4.39 Å². The zero-order chi connectivity index (χ0) is 18.3. The molecule has 130 valence electrons. The van der Waals surface area contributed by atoms with Crippen LogP contribution in [0.2, 0.25) is 5.02 Å². The smallest absolute Gasteiger partial charge is 0.197 e. The quantitative estimate of drug-likeness (QED) is 0.555. The van der Waals surface area contributed by atoms with Gasteiger partial charge in [0.05, 0.1) is 16.7 Å². The molecule has 2 aromatic carbocycles. The zero-order valence-electron chi connectivity index (χ0n) is 14.2. The van der Waals surface area contributed by atoms with E-state index in [4.69, 9.17) is 16.6 Å². The Balaban J connectivity index is 1.90. The fraction of sp³-hybridized carbons (Fsp3) is 0.105. The lowest BCUT2D eigenvalue weighted by Gasteiger charge is -2.13. The second kappa shape index (κ2) is 6.38. The Kier molecular flexibility index (Phi) is 4.05. The number of nitrogens with one attached hydrogen (secondary N) is 1. The van der Waals surface area contributed by atoms with Crippen LogP contribution in [0.3, 0.4) is 0 Å². The van der Waals surface area contributed by atoms with E-state index in [1.807, 2.05) is 26.0 Å². The van der Waals surface area contributed by atoms with Crippen molar-refractivity contribution in [3.05, 3.63) is 70.8 Å². The van der Waals surface area contributed by atoms with Crippen molar-refractivity contribution in [3.63, 3.8) is 0 Å². The Bertz CT molecular complexity index is 1110. The predicted octanol–water partition coefficient (Wildman–Crippen LogP) is 4.97. The van der Waals surface area contributed by atoms with Gasteiger partial charge in [-0.2, -0.15) is 5.10 Å². The molecule has 2 aromatic heterocycles. The highest BCUT2D eigenvalue weighted by atomic mass is 35.5. The molecule has 0 aliphatic rings. The van der Waals surface area contributed by atoms with Crippen LogP contribution in [0, 0.1) is 19.7 Å². The summed E-state index contributed by atoms with van der Waals surface area (Å²) in [6.45, 7) is 3.87. The van der Waals surface area contributed by atoms with E-state index in [0.29, 0.717) is 33.4 Å². The molecular formula is C19H15ClFN5. The third-order valence-electron chi connectivity index (χ3n) is 3.93. The van der Waals surface area contributed by atoms with Crippen LogP contribution in [0.25, 0.3) is 16.9 Å². The minimum absolute atomic E-state index is 0.298. The van der Waals surface area contributed by atoms with Crippen LogP contribution < -0.4 is 5.32 Å². The van der Waals surface area contributed by atoms with E-state index in [1.54, 1.807) is 28.9 Å². The van der Waals surface area contributed by atoms with Gasteiger partial charge in [-0.05, 0) is 62.4 Å². The van der Waals surface area contributed by atoms with Crippen molar-refractivity contribution in [2.45, 2.75) is 13.8 Å². The first kappa shape index (κ1) is 16.5. The van der Waals surface area contributed by atoms with E-state index in [0.717, 1.165) is 11.4 Å². The highest BCUT2D eigenvalue weighted by Gasteiger charge is 2.15. The second-order valence-corrected chi connectivity index (χ2v) is 6.44. The van der Waals surface area contributed by atoms with Gasteiger partial charge in [0.1, 0.15) is 5.82 Å². The maximum atomic E-state index is 13.2. The molecule has 26 heavy (non-hydrogen) atoms. The number of hydrogen-bond donors (Lipinski definition) is 1. The summed E-state index contributed by atoms with van der Waals surface area (Å²) in [6.07, 6.45) is 0. The lowest BCUT2D eigenvalue weighted by Crippen LogP contribution is -2.08. The van der Waals surface area contributed by atoms with Crippen LogP contribution in [-0.2, 0) is 0 Å². The normalized spacial score (nSPS) is 11.1. The molecule has 0 saturated carbocycles. The first-order valence-corrected chi connectivity index (χ1v) is 8.41. The number of benzene rings is 2. The molecule has 0 amide bonds. The van der Waals surface area contributed by atoms with Crippen LogP contribution in [-0.4, -0.2) is 19.7 Å². The van der Waals surface area contributed by atoms with Crippen molar-refractivity contribution in [1.82, 2.24) is 19.7 Å². The van der Waals surface area contributed by atoms with E-state index in [1.165, 1.54) is 12.1 Å². The summed E-state index contributed by atoms with van der Waals surface area (Å²) in [5.41, 5.74) is 3.88. The molecule has 1 N–H and O–H groups in total. The number of fused-ring (bicyclic) bond motifs is 1. The maximum absolute atomic E-state index is 13.2. The molecule has 7 heteroatoms. The molecule has 0 radical (unpaired) electrons. The molecule has 0 unspecified atom stereocenters. The van der Waals surface area contributed by atoms with Crippen LogP contribution in [0.4, 0.5) is 15.9 Å². The Hall–Kier alpha value is -2.99. The van der Waals surface area contributed by atoms with Gasteiger partial charge in [0.25, 0.3) is 0 Å². The fourth-order valence-corrected chi connectivity index (χ4v) is 2.93. The standard InChI is InChI=1S/C19H15ClFN5/c1-11-9-12(2)26(25-11)19-18(22-15-6-4-14(21)5-7-15)23-16-8-3-13(20)10-17(16)24-19/h3-10H,1-2H3,(H,22,23). The first-order chi connectivity index (χ1) is 12.5. The molecule has 0 fully saturated rings. The van der Waals surface area contributed by atoms with Crippen molar-refractivity contribution < 1.29 is 4.39 Å². The molecule has 0 bridgehead atoms. The van der Waals surface area contributed by atoms with Crippen LogP contribution in [0.1, 0.15) is 11.4 Å². The van der Waals surface area contributed by atoms with E-state index >= 15 is 0 Å². The van der Waals surface area contributed by atoms with Gasteiger partial charge in [0.2, 0.25) is 0 Å². The van der Waals surface area contributed by atoms with Crippen molar-refractivity contribution in [1.29, 1.82) is 0 Å². The highest BCUT2D eigenvalue weighted by Crippen LogP contribution is 2.26. The summed E-state index contributed by atoms with van der Waals surface area (Å²) in [6, 6.07) is 13.4. The van der Waals surface area contributed by atoms with Crippen LogP contribution >= 0.6 is 11.6 Å². The average Bonchev–Trinajstić information content (AvgIpc) is 2.94. The monoisotopic (exact) mass is 367 g/mol. The molecule has 0 saturated heterocycles. The number of hydrogen-bond acceptors (Lipinski definition) is 4. The Morgan fingerprint density at radius 3 is 2.42 bits per heavy atom. The van der Waals surface area contributed by atoms with Crippen molar-refractivity contribution in [2.24, 2.45) is 0 Å². The maximum Gasteiger partial charge on any atom is 0.197 e. The van der Waals surface area contributed by atoms with Gasteiger partial charge in [0, 0.05) is 16.4 Å². The zero-order valence-corrected chi connectivity index (χ0v) is 14.9. The summed E-state index contributed by atoms with van der Waals surface area (Å²) < 4.78 is 14.9. The Morgan fingerprint density at radius 2 is 1.73 bits per heavy atom. The lowest BCUT2D eigenvalue weighted by molar-refractivity contribution is 0.628. The van der Waals surface area contributed by atoms with Gasteiger partial charge in [0.15, 0.2) is 11.6 Å². The number of aryl methyl sites for hydroxylation is 2. The molecule has 0 atom stereocenters. The minimum Gasteiger partial charge on any atom is -0.337 e.